The van der Waals surface area contributed by atoms with Crippen molar-refractivity contribution in [3.05, 3.63) is 48.1 Å². The van der Waals surface area contributed by atoms with Gasteiger partial charge in [0.15, 0.2) is 5.15 Å². The van der Waals surface area contributed by atoms with Gasteiger partial charge in [-0.2, -0.15) is 0 Å². The molecule has 0 fully saturated rings. The smallest absolute Gasteiger partial charge is 0.156 e. The van der Waals surface area contributed by atoms with Crippen LogP contribution < -0.4 is 0 Å². The van der Waals surface area contributed by atoms with Gasteiger partial charge in [-0.25, -0.2) is 15.0 Å². The minimum absolute atomic E-state index is 0.392. The molecule has 3 aromatic rings. The average molecular weight is 231 g/mol. The van der Waals surface area contributed by atoms with Gasteiger partial charge in [-0.3, -0.25) is 4.40 Å². The number of nitrogens with zero attached hydrogens (tertiary/aromatic N) is 4. The second-order valence-corrected chi connectivity index (χ2v) is 3.62. The number of hydrogen-bond donors (Lipinski definition) is 0. The van der Waals surface area contributed by atoms with Gasteiger partial charge in [0, 0.05) is 24.8 Å². The molecule has 78 valence electrons. The van der Waals surface area contributed by atoms with E-state index in [1.54, 1.807) is 18.6 Å². The van der Waals surface area contributed by atoms with Crippen LogP contribution in [0.15, 0.2) is 43.0 Å². The number of aromatic nitrogens is 4. The van der Waals surface area contributed by atoms with Crippen molar-refractivity contribution in [2.75, 3.05) is 0 Å². The van der Waals surface area contributed by atoms with E-state index in [0.29, 0.717) is 10.8 Å². The van der Waals surface area contributed by atoms with Gasteiger partial charge in [0.25, 0.3) is 0 Å². The maximum atomic E-state index is 6.02. The number of hydrogen-bond acceptors (Lipinski definition) is 3. The Hall–Kier alpha value is -1.94. The van der Waals surface area contributed by atoms with Gasteiger partial charge in [-0.05, 0) is 12.1 Å². The van der Waals surface area contributed by atoms with E-state index in [-0.39, 0.29) is 0 Å². The van der Waals surface area contributed by atoms with E-state index in [1.165, 1.54) is 0 Å². The van der Waals surface area contributed by atoms with Crippen LogP contribution in [0.25, 0.3) is 17.0 Å². The molecule has 4 nitrogen and oxygen atoms in total. The molecular weight excluding hydrogens is 224 g/mol. The molecule has 3 heterocycles. The number of rotatable bonds is 1. The Balaban J connectivity index is 2.34. The summed E-state index contributed by atoms with van der Waals surface area (Å²) in [5.41, 5.74) is 2.40. The maximum Gasteiger partial charge on any atom is 0.156 e. The third-order valence-electron chi connectivity index (χ3n) is 2.32. The molecule has 0 aliphatic heterocycles. The van der Waals surface area contributed by atoms with Crippen LogP contribution in [0.2, 0.25) is 5.15 Å². The molecule has 3 rings (SSSR count). The summed E-state index contributed by atoms with van der Waals surface area (Å²) in [6.07, 6.45) is 6.80. The van der Waals surface area contributed by atoms with Crippen LogP contribution in [-0.2, 0) is 0 Å². The SMILES string of the molecule is Clc1nccnc1-c1cccc2nccn12. The Labute approximate surface area is 96.6 Å². The zero-order valence-electron chi connectivity index (χ0n) is 8.21. The van der Waals surface area contributed by atoms with Crippen LogP contribution in [0, 0.1) is 0 Å². The normalized spacial score (nSPS) is 10.8. The van der Waals surface area contributed by atoms with Crippen LogP contribution >= 0.6 is 11.6 Å². The number of pyridine rings is 1. The Morgan fingerprint density at radius 3 is 2.75 bits per heavy atom. The van der Waals surface area contributed by atoms with Gasteiger partial charge in [0.1, 0.15) is 11.3 Å². The van der Waals surface area contributed by atoms with E-state index in [2.05, 4.69) is 15.0 Å². The summed E-state index contributed by atoms with van der Waals surface area (Å²) in [4.78, 5) is 12.5. The zero-order chi connectivity index (χ0) is 11.0. The predicted octanol–water partition coefficient (Wildman–Crippen LogP) is 2.44. The molecule has 0 amide bonds. The molecule has 0 radical (unpaired) electrons. The maximum absolute atomic E-state index is 6.02. The van der Waals surface area contributed by atoms with Gasteiger partial charge in [-0.1, -0.05) is 17.7 Å². The topological polar surface area (TPSA) is 43.1 Å². The lowest BCUT2D eigenvalue weighted by Crippen LogP contribution is -1.94. The molecule has 0 unspecified atom stereocenters. The molecule has 0 aromatic carbocycles. The summed E-state index contributed by atoms with van der Waals surface area (Å²) < 4.78 is 1.93. The third-order valence-corrected chi connectivity index (χ3v) is 2.60. The van der Waals surface area contributed by atoms with Crippen LogP contribution in [0.5, 0.6) is 0 Å². The van der Waals surface area contributed by atoms with Crippen molar-refractivity contribution < 1.29 is 0 Å². The highest BCUT2D eigenvalue weighted by molar-refractivity contribution is 6.31. The molecule has 0 atom stereocenters. The van der Waals surface area contributed by atoms with Crippen LogP contribution in [0.4, 0.5) is 0 Å². The summed E-state index contributed by atoms with van der Waals surface area (Å²) in [7, 11) is 0. The van der Waals surface area contributed by atoms with Crippen molar-refractivity contribution in [2.24, 2.45) is 0 Å². The van der Waals surface area contributed by atoms with Crippen LogP contribution in [-0.4, -0.2) is 19.4 Å². The fourth-order valence-corrected chi connectivity index (χ4v) is 1.84. The standard InChI is InChI=1S/C11H7ClN4/c12-11-10(14-4-5-15-11)8-2-1-3-9-13-6-7-16(8)9/h1-7H. The number of fused-ring (bicyclic) bond motifs is 1. The Morgan fingerprint density at radius 2 is 1.88 bits per heavy atom. The lowest BCUT2D eigenvalue weighted by atomic mass is 10.3. The lowest BCUT2D eigenvalue weighted by Gasteiger charge is -2.05. The fourth-order valence-electron chi connectivity index (χ4n) is 1.63. The minimum Gasteiger partial charge on any atom is -0.298 e. The van der Waals surface area contributed by atoms with E-state index >= 15 is 0 Å². The van der Waals surface area contributed by atoms with Crippen LogP contribution in [0.3, 0.4) is 0 Å². The van der Waals surface area contributed by atoms with Crippen molar-refractivity contribution >= 4 is 17.2 Å². The molecule has 0 spiro atoms. The summed E-state index contributed by atoms with van der Waals surface area (Å²) in [5.74, 6) is 0. The highest BCUT2D eigenvalue weighted by atomic mass is 35.5. The van der Waals surface area contributed by atoms with Crippen molar-refractivity contribution in [1.29, 1.82) is 0 Å². The van der Waals surface area contributed by atoms with E-state index in [1.807, 2.05) is 28.8 Å². The van der Waals surface area contributed by atoms with Gasteiger partial charge >= 0.3 is 0 Å². The van der Waals surface area contributed by atoms with Gasteiger partial charge < -0.3 is 0 Å². The summed E-state index contributed by atoms with van der Waals surface area (Å²) in [6.45, 7) is 0. The average Bonchev–Trinajstić information content (AvgIpc) is 2.77. The summed E-state index contributed by atoms with van der Waals surface area (Å²) >= 11 is 6.02. The molecule has 0 bridgehead atoms. The highest BCUT2D eigenvalue weighted by Crippen LogP contribution is 2.23. The van der Waals surface area contributed by atoms with Crippen molar-refractivity contribution in [3.63, 3.8) is 0 Å². The predicted molar refractivity (Wildman–Crippen MR) is 61.2 cm³/mol. The van der Waals surface area contributed by atoms with E-state index in [4.69, 9.17) is 11.6 Å². The first-order chi connectivity index (χ1) is 7.86. The first-order valence-corrected chi connectivity index (χ1v) is 5.13. The number of halogens is 1. The fraction of sp³-hybridized carbons (Fsp3) is 0. The molecule has 16 heavy (non-hydrogen) atoms. The van der Waals surface area contributed by atoms with E-state index in [9.17, 15) is 0 Å². The minimum atomic E-state index is 0.392. The van der Waals surface area contributed by atoms with Crippen molar-refractivity contribution in [3.8, 4) is 11.4 Å². The van der Waals surface area contributed by atoms with E-state index < -0.39 is 0 Å². The Morgan fingerprint density at radius 1 is 1.00 bits per heavy atom. The summed E-state index contributed by atoms with van der Waals surface area (Å²) in [5, 5.41) is 0.392. The van der Waals surface area contributed by atoms with Crippen LogP contribution in [0.1, 0.15) is 0 Å². The summed E-state index contributed by atoms with van der Waals surface area (Å²) in [6, 6.07) is 5.78. The monoisotopic (exact) mass is 230 g/mol. The molecule has 0 aliphatic rings. The zero-order valence-corrected chi connectivity index (χ0v) is 8.96. The molecule has 0 saturated carbocycles. The Kier molecular flexibility index (Phi) is 2.08. The Bertz CT molecular complexity index is 647. The molecular formula is C11H7ClN4. The van der Waals surface area contributed by atoms with Gasteiger partial charge in [0.2, 0.25) is 0 Å². The molecule has 0 saturated heterocycles. The third kappa shape index (κ3) is 1.35. The first-order valence-electron chi connectivity index (χ1n) is 4.75. The number of imidazole rings is 1. The molecule has 5 heteroatoms. The molecule has 3 aromatic heterocycles. The highest BCUT2D eigenvalue weighted by Gasteiger charge is 2.08. The van der Waals surface area contributed by atoms with Gasteiger partial charge in [0.05, 0.1) is 5.69 Å². The van der Waals surface area contributed by atoms with Gasteiger partial charge in [-0.15, -0.1) is 0 Å². The first kappa shape index (κ1) is 9.30. The van der Waals surface area contributed by atoms with Crippen molar-refractivity contribution in [1.82, 2.24) is 19.4 Å². The van der Waals surface area contributed by atoms with E-state index in [0.717, 1.165) is 11.3 Å². The second-order valence-electron chi connectivity index (χ2n) is 3.26. The second kappa shape index (κ2) is 3.57. The largest absolute Gasteiger partial charge is 0.298 e. The molecule has 0 aliphatic carbocycles. The quantitative estimate of drug-likeness (QED) is 0.645. The lowest BCUT2D eigenvalue weighted by molar-refractivity contribution is 1.13. The molecule has 0 N–H and O–H groups in total. The van der Waals surface area contributed by atoms with Crippen molar-refractivity contribution in [2.45, 2.75) is 0 Å².